The lowest BCUT2D eigenvalue weighted by atomic mass is 10.1. The second kappa shape index (κ2) is 3.33. The number of halogens is 3. The molecule has 2 heterocycles. The van der Waals surface area contributed by atoms with Crippen LogP contribution in [0.5, 0.6) is 0 Å². The van der Waals surface area contributed by atoms with E-state index in [0.717, 1.165) is 17.4 Å². The van der Waals surface area contributed by atoms with Crippen molar-refractivity contribution in [1.29, 1.82) is 0 Å². The van der Waals surface area contributed by atoms with Crippen molar-refractivity contribution < 1.29 is 13.2 Å². The molecule has 16 heavy (non-hydrogen) atoms. The minimum absolute atomic E-state index is 0.00887. The van der Waals surface area contributed by atoms with Crippen LogP contribution in [-0.2, 0) is 6.18 Å². The molecule has 0 aliphatic rings. The highest BCUT2D eigenvalue weighted by Crippen LogP contribution is 2.30. The van der Waals surface area contributed by atoms with E-state index in [0.29, 0.717) is 0 Å². The van der Waals surface area contributed by atoms with Crippen molar-refractivity contribution >= 4 is 5.65 Å². The lowest BCUT2D eigenvalue weighted by Crippen LogP contribution is -2.22. The quantitative estimate of drug-likeness (QED) is 0.691. The summed E-state index contributed by atoms with van der Waals surface area (Å²) in [5.74, 6) is 0. The molecule has 6 heteroatoms. The van der Waals surface area contributed by atoms with E-state index in [1.54, 1.807) is 0 Å². The third kappa shape index (κ3) is 1.56. The van der Waals surface area contributed by atoms with E-state index in [-0.39, 0.29) is 11.2 Å². The Bertz CT molecular complexity index is 601. The van der Waals surface area contributed by atoms with Crippen LogP contribution in [0.3, 0.4) is 0 Å². The van der Waals surface area contributed by atoms with Crippen LogP contribution in [0.1, 0.15) is 11.1 Å². The maximum Gasteiger partial charge on any atom is 0.416 e. The van der Waals surface area contributed by atoms with E-state index in [4.69, 9.17) is 0 Å². The Morgan fingerprint density at radius 2 is 2.06 bits per heavy atom. The number of nitrogens with zero attached hydrogens (tertiary/aromatic N) is 2. The highest BCUT2D eigenvalue weighted by atomic mass is 19.4. The average molecular weight is 228 g/mol. The first-order valence-electron chi connectivity index (χ1n) is 4.45. The van der Waals surface area contributed by atoms with Crippen LogP contribution < -0.4 is 5.56 Å². The molecule has 2 aromatic heterocycles. The number of hydrogen-bond donors (Lipinski definition) is 0. The van der Waals surface area contributed by atoms with Crippen LogP contribution >= 0.6 is 0 Å². The van der Waals surface area contributed by atoms with Crippen molar-refractivity contribution in [3.8, 4) is 0 Å². The van der Waals surface area contributed by atoms with E-state index in [1.165, 1.54) is 18.5 Å². The van der Waals surface area contributed by atoms with Crippen LogP contribution in [-0.4, -0.2) is 9.38 Å². The molecule has 2 rings (SSSR count). The van der Waals surface area contributed by atoms with Crippen LogP contribution in [0.4, 0.5) is 13.2 Å². The summed E-state index contributed by atoms with van der Waals surface area (Å²) in [5, 5.41) is 0. The van der Waals surface area contributed by atoms with Crippen molar-refractivity contribution in [1.82, 2.24) is 9.38 Å². The predicted octanol–water partition coefficient (Wildman–Crippen LogP) is 2.02. The first-order chi connectivity index (χ1) is 7.41. The molecule has 0 unspecified atom stereocenters. The van der Waals surface area contributed by atoms with Gasteiger partial charge in [-0.05, 0) is 19.1 Å². The van der Waals surface area contributed by atoms with Crippen LogP contribution in [0.2, 0.25) is 0 Å². The van der Waals surface area contributed by atoms with Crippen LogP contribution in [0.25, 0.3) is 5.65 Å². The molecule has 0 saturated heterocycles. The predicted molar refractivity (Wildman–Crippen MR) is 51.2 cm³/mol. The number of alkyl halides is 3. The maximum absolute atomic E-state index is 12.6. The SMILES string of the molecule is Cc1c(C(F)(F)F)cc2ncccn2c1=O. The van der Waals surface area contributed by atoms with Crippen molar-refractivity contribution in [2.75, 3.05) is 0 Å². The molecular formula is C10H7F3N2O. The Labute approximate surface area is 88.2 Å². The minimum Gasteiger partial charge on any atom is -0.269 e. The smallest absolute Gasteiger partial charge is 0.269 e. The fourth-order valence-electron chi connectivity index (χ4n) is 1.49. The van der Waals surface area contributed by atoms with Crippen molar-refractivity contribution in [3.05, 3.63) is 46.0 Å². The van der Waals surface area contributed by atoms with Crippen molar-refractivity contribution in [2.45, 2.75) is 13.1 Å². The Morgan fingerprint density at radius 1 is 1.38 bits per heavy atom. The number of fused-ring (bicyclic) bond motifs is 1. The fraction of sp³-hybridized carbons (Fsp3) is 0.200. The van der Waals surface area contributed by atoms with Crippen LogP contribution in [0.15, 0.2) is 29.3 Å². The first kappa shape index (κ1) is 10.7. The molecule has 0 fully saturated rings. The summed E-state index contributed by atoms with van der Waals surface area (Å²) in [6, 6.07) is 2.36. The zero-order chi connectivity index (χ0) is 11.9. The molecule has 0 spiro atoms. The third-order valence-electron chi connectivity index (χ3n) is 2.30. The highest BCUT2D eigenvalue weighted by molar-refractivity contribution is 5.44. The van der Waals surface area contributed by atoms with Gasteiger partial charge in [-0.15, -0.1) is 0 Å². The van der Waals surface area contributed by atoms with Gasteiger partial charge < -0.3 is 0 Å². The Hall–Kier alpha value is -1.85. The lowest BCUT2D eigenvalue weighted by molar-refractivity contribution is -0.138. The Kier molecular flexibility index (Phi) is 2.22. The second-order valence-corrected chi connectivity index (χ2v) is 3.33. The molecule has 0 aromatic carbocycles. The zero-order valence-electron chi connectivity index (χ0n) is 8.25. The van der Waals surface area contributed by atoms with Gasteiger partial charge in [-0.2, -0.15) is 13.2 Å². The van der Waals surface area contributed by atoms with Gasteiger partial charge in [0.1, 0.15) is 5.65 Å². The summed E-state index contributed by atoms with van der Waals surface area (Å²) >= 11 is 0. The molecule has 3 nitrogen and oxygen atoms in total. The minimum atomic E-state index is -4.53. The number of hydrogen-bond acceptors (Lipinski definition) is 2. The summed E-state index contributed by atoms with van der Waals surface area (Å²) in [4.78, 5) is 15.3. The van der Waals surface area contributed by atoms with Gasteiger partial charge in [0, 0.05) is 18.0 Å². The molecule has 0 aliphatic carbocycles. The normalized spacial score (nSPS) is 12.0. The molecule has 0 aliphatic heterocycles. The summed E-state index contributed by atoms with van der Waals surface area (Å²) in [6.45, 7) is 1.16. The topological polar surface area (TPSA) is 34.4 Å². The van der Waals surface area contributed by atoms with Crippen molar-refractivity contribution in [2.24, 2.45) is 0 Å². The number of aromatic nitrogens is 2. The highest BCUT2D eigenvalue weighted by Gasteiger charge is 2.34. The monoisotopic (exact) mass is 228 g/mol. The second-order valence-electron chi connectivity index (χ2n) is 3.33. The van der Waals surface area contributed by atoms with Gasteiger partial charge in [-0.3, -0.25) is 9.20 Å². The van der Waals surface area contributed by atoms with Gasteiger partial charge in [0.25, 0.3) is 5.56 Å². The van der Waals surface area contributed by atoms with Gasteiger partial charge in [0.2, 0.25) is 0 Å². The van der Waals surface area contributed by atoms with E-state index < -0.39 is 17.3 Å². The average Bonchev–Trinajstić information content (AvgIpc) is 2.22. The van der Waals surface area contributed by atoms with Gasteiger partial charge >= 0.3 is 6.18 Å². The molecule has 0 bridgehead atoms. The lowest BCUT2D eigenvalue weighted by Gasteiger charge is -2.10. The molecule has 2 aromatic rings. The van der Waals surface area contributed by atoms with E-state index in [2.05, 4.69) is 4.98 Å². The standard InChI is InChI=1S/C10H7F3N2O/c1-6-7(10(11,12)13)5-8-14-3-2-4-15(8)9(6)16/h2-5H,1H3. The van der Waals surface area contributed by atoms with Gasteiger partial charge in [-0.25, -0.2) is 4.98 Å². The van der Waals surface area contributed by atoms with E-state index in [9.17, 15) is 18.0 Å². The summed E-state index contributed by atoms with van der Waals surface area (Å²) in [7, 11) is 0. The molecule has 0 atom stereocenters. The van der Waals surface area contributed by atoms with Gasteiger partial charge in [-0.1, -0.05) is 0 Å². The van der Waals surface area contributed by atoms with Gasteiger partial charge in [0.15, 0.2) is 0 Å². The summed E-state index contributed by atoms with van der Waals surface area (Å²) < 4.78 is 38.8. The Morgan fingerprint density at radius 3 is 2.69 bits per heavy atom. The fourth-order valence-corrected chi connectivity index (χ4v) is 1.49. The van der Waals surface area contributed by atoms with Gasteiger partial charge in [0.05, 0.1) is 5.56 Å². The first-order valence-corrected chi connectivity index (χ1v) is 4.45. The van der Waals surface area contributed by atoms with E-state index >= 15 is 0 Å². The number of rotatable bonds is 0. The van der Waals surface area contributed by atoms with E-state index in [1.807, 2.05) is 0 Å². The van der Waals surface area contributed by atoms with Crippen LogP contribution in [0, 0.1) is 6.92 Å². The molecular weight excluding hydrogens is 221 g/mol. The molecule has 0 N–H and O–H groups in total. The largest absolute Gasteiger partial charge is 0.416 e. The third-order valence-corrected chi connectivity index (χ3v) is 2.30. The molecule has 0 amide bonds. The molecule has 0 radical (unpaired) electrons. The summed E-state index contributed by atoms with van der Waals surface area (Å²) in [6.07, 6.45) is -1.81. The molecule has 84 valence electrons. The Balaban J connectivity index is 2.90. The zero-order valence-corrected chi connectivity index (χ0v) is 8.25. The molecule has 0 saturated carbocycles. The maximum atomic E-state index is 12.6. The summed E-state index contributed by atoms with van der Waals surface area (Å²) in [5.41, 5.74) is -1.96. The number of pyridine rings is 1. The van der Waals surface area contributed by atoms with Crippen molar-refractivity contribution in [3.63, 3.8) is 0 Å².